The third-order valence-corrected chi connectivity index (χ3v) is 6.08. The zero-order valence-electron chi connectivity index (χ0n) is 15.1. The molecule has 1 atom stereocenters. The molecule has 13 heteroatoms. The van der Waals surface area contributed by atoms with Gasteiger partial charge in [-0.25, -0.2) is 4.98 Å². The number of nitrogens with one attached hydrogen (secondary N) is 1. The fourth-order valence-corrected chi connectivity index (χ4v) is 3.85. The van der Waals surface area contributed by atoms with Gasteiger partial charge >= 0.3 is 15.5 Å². The predicted octanol–water partition coefficient (Wildman–Crippen LogP) is 4.47. The van der Waals surface area contributed by atoms with Crippen LogP contribution in [0.15, 0.2) is 22.4 Å². The molecule has 0 spiro atoms. The number of alkyl halides is 3. The van der Waals surface area contributed by atoms with Crippen LogP contribution in [0.1, 0.15) is 30.7 Å². The number of fused-ring (bicyclic) bond motifs is 1. The van der Waals surface area contributed by atoms with Gasteiger partial charge in [-0.1, -0.05) is 6.92 Å². The van der Waals surface area contributed by atoms with E-state index in [1.807, 2.05) is 11.8 Å². The predicted molar refractivity (Wildman–Crippen MR) is 100 cm³/mol. The van der Waals surface area contributed by atoms with Gasteiger partial charge in [-0.15, -0.1) is 10.2 Å². The van der Waals surface area contributed by atoms with Gasteiger partial charge < -0.3 is 4.90 Å². The summed E-state index contributed by atoms with van der Waals surface area (Å²) in [6, 6.07) is 2.91. The minimum atomic E-state index is -5.61. The van der Waals surface area contributed by atoms with Crippen molar-refractivity contribution in [1.82, 2.24) is 9.36 Å². The molecule has 0 bridgehead atoms. The van der Waals surface area contributed by atoms with Crippen LogP contribution in [0, 0.1) is 6.92 Å². The molecule has 8 nitrogen and oxygen atoms in total. The van der Waals surface area contributed by atoms with Crippen LogP contribution in [-0.4, -0.2) is 36.9 Å². The van der Waals surface area contributed by atoms with Gasteiger partial charge in [-0.05, 0) is 37.0 Å². The highest BCUT2D eigenvalue weighted by atomic mass is 32.2. The van der Waals surface area contributed by atoms with Crippen LogP contribution in [-0.2, 0) is 10.0 Å². The molecule has 0 aliphatic carbocycles. The SMILES string of the molecule is Cc1nsc(N=Nc2cc3c(cc2NS(=O)(=O)C(F)(F)F)N(C)CCC3C)n1. The van der Waals surface area contributed by atoms with Crippen LogP contribution in [0.5, 0.6) is 0 Å². The van der Waals surface area contributed by atoms with Crippen molar-refractivity contribution in [2.45, 2.75) is 31.7 Å². The van der Waals surface area contributed by atoms with Gasteiger partial charge in [0.15, 0.2) is 0 Å². The highest BCUT2D eigenvalue weighted by molar-refractivity contribution is 7.93. The summed E-state index contributed by atoms with van der Waals surface area (Å²) in [6.45, 7) is 4.35. The molecule has 0 radical (unpaired) electrons. The van der Waals surface area contributed by atoms with E-state index < -0.39 is 15.5 Å². The molecule has 2 heterocycles. The summed E-state index contributed by atoms with van der Waals surface area (Å²) in [7, 11) is -3.82. The summed E-state index contributed by atoms with van der Waals surface area (Å²) < 4.78 is 67.3. The number of aryl methyl sites for hydroxylation is 1. The van der Waals surface area contributed by atoms with Crippen LogP contribution < -0.4 is 9.62 Å². The average Bonchev–Trinajstić information content (AvgIpc) is 3.01. The normalized spacial score (nSPS) is 17.8. The number of benzene rings is 1. The molecule has 1 aromatic carbocycles. The van der Waals surface area contributed by atoms with Crippen molar-refractivity contribution in [3.05, 3.63) is 23.5 Å². The van der Waals surface area contributed by atoms with Crippen LogP contribution in [0.2, 0.25) is 0 Å². The Kier molecular flexibility index (Phi) is 5.32. The summed E-state index contributed by atoms with van der Waals surface area (Å²) in [5, 5.41) is 8.04. The Morgan fingerprint density at radius 3 is 2.64 bits per heavy atom. The first-order valence-electron chi connectivity index (χ1n) is 8.18. The third kappa shape index (κ3) is 4.09. The zero-order chi connectivity index (χ0) is 20.7. The largest absolute Gasteiger partial charge is 0.516 e. The number of sulfonamides is 1. The topological polar surface area (TPSA) is 99.9 Å². The maximum absolute atomic E-state index is 12.9. The van der Waals surface area contributed by atoms with Gasteiger partial charge in [0.2, 0.25) is 5.13 Å². The Labute approximate surface area is 163 Å². The highest BCUT2D eigenvalue weighted by Gasteiger charge is 2.46. The zero-order valence-corrected chi connectivity index (χ0v) is 16.8. The van der Waals surface area contributed by atoms with Gasteiger partial charge in [0.05, 0.1) is 5.69 Å². The fraction of sp³-hybridized carbons (Fsp3) is 0.467. The Morgan fingerprint density at radius 1 is 1.32 bits per heavy atom. The van der Waals surface area contributed by atoms with Crippen LogP contribution in [0.4, 0.5) is 35.4 Å². The van der Waals surface area contributed by atoms with E-state index >= 15 is 0 Å². The smallest absolute Gasteiger partial charge is 0.374 e. The number of halogens is 3. The molecule has 1 aromatic heterocycles. The Balaban J connectivity index is 2.09. The maximum atomic E-state index is 12.9. The fourth-order valence-electron chi connectivity index (χ4n) is 2.77. The van der Waals surface area contributed by atoms with Crippen molar-refractivity contribution >= 4 is 43.7 Å². The standard InChI is InChI=1S/C15H17F3N6O2S2/c1-8-4-5-24(3)13-7-12(23-28(25,26)15(16,17)18)11(6-10(8)13)20-21-14-19-9(2)22-27-14/h6-8,23H,4-5H2,1-3H3. The second kappa shape index (κ2) is 7.28. The number of rotatable bonds is 4. The summed E-state index contributed by atoms with van der Waals surface area (Å²) in [4.78, 5) is 5.86. The molecular formula is C15H17F3N6O2S2. The minimum absolute atomic E-state index is 0.0263. The molecule has 3 rings (SSSR count). The van der Waals surface area contributed by atoms with E-state index in [1.165, 1.54) is 6.07 Å². The van der Waals surface area contributed by atoms with Crippen molar-refractivity contribution in [2.24, 2.45) is 10.2 Å². The Hall–Kier alpha value is -2.28. The molecule has 0 amide bonds. The van der Waals surface area contributed by atoms with E-state index in [4.69, 9.17) is 0 Å². The van der Waals surface area contributed by atoms with Crippen LogP contribution >= 0.6 is 11.5 Å². The Morgan fingerprint density at radius 2 is 2.04 bits per heavy atom. The van der Waals surface area contributed by atoms with Crippen molar-refractivity contribution in [2.75, 3.05) is 23.2 Å². The first kappa shape index (κ1) is 20.5. The number of anilines is 2. The number of hydrogen-bond acceptors (Lipinski definition) is 8. The number of hydrogen-bond donors (Lipinski definition) is 1. The first-order chi connectivity index (χ1) is 13.0. The van der Waals surface area contributed by atoms with E-state index in [1.54, 1.807) is 24.8 Å². The molecule has 0 saturated heterocycles. The quantitative estimate of drug-likeness (QED) is 0.716. The lowest BCUT2D eigenvalue weighted by molar-refractivity contribution is -0.0429. The lowest BCUT2D eigenvalue weighted by Gasteiger charge is -2.32. The molecule has 28 heavy (non-hydrogen) atoms. The second-order valence-electron chi connectivity index (χ2n) is 6.41. The molecule has 2 aromatic rings. The van der Waals surface area contributed by atoms with E-state index in [-0.39, 0.29) is 22.4 Å². The number of azo groups is 1. The molecule has 0 saturated carbocycles. The summed E-state index contributed by atoms with van der Waals surface area (Å²) >= 11 is 0.973. The Bertz CT molecular complexity index is 1020. The minimum Gasteiger partial charge on any atom is -0.374 e. The summed E-state index contributed by atoms with van der Waals surface area (Å²) in [6.07, 6.45) is 0.850. The average molecular weight is 434 g/mol. The van der Waals surface area contributed by atoms with Gasteiger partial charge in [-0.2, -0.15) is 26.0 Å². The van der Waals surface area contributed by atoms with Crippen LogP contribution in [0.3, 0.4) is 0 Å². The summed E-state index contributed by atoms with van der Waals surface area (Å²) in [5.74, 6) is 0.620. The van der Waals surface area contributed by atoms with E-state index in [2.05, 4.69) is 19.6 Å². The van der Waals surface area contributed by atoms with E-state index in [0.29, 0.717) is 18.1 Å². The van der Waals surface area contributed by atoms with E-state index in [9.17, 15) is 21.6 Å². The van der Waals surface area contributed by atoms with Crippen molar-refractivity contribution in [3.63, 3.8) is 0 Å². The maximum Gasteiger partial charge on any atom is 0.516 e. The van der Waals surface area contributed by atoms with Gasteiger partial charge in [0, 0.05) is 30.8 Å². The molecular weight excluding hydrogens is 417 g/mol. The number of nitrogens with zero attached hydrogens (tertiary/aromatic N) is 5. The molecule has 1 aliphatic rings. The molecule has 0 fully saturated rings. The third-order valence-electron chi connectivity index (χ3n) is 4.29. The first-order valence-corrected chi connectivity index (χ1v) is 10.4. The lowest BCUT2D eigenvalue weighted by atomic mass is 9.91. The lowest BCUT2D eigenvalue weighted by Crippen LogP contribution is -2.30. The van der Waals surface area contributed by atoms with Crippen molar-refractivity contribution in [1.29, 1.82) is 0 Å². The molecule has 1 unspecified atom stereocenters. The highest BCUT2D eigenvalue weighted by Crippen LogP contribution is 2.42. The van der Waals surface area contributed by atoms with Crippen molar-refractivity contribution < 1.29 is 21.6 Å². The van der Waals surface area contributed by atoms with Gasteiger partial charge in [-0.3, -0.25) is 4.72 Å². The van der Waals surface area contributed by atoms with Crippen LogP contribution in [0.25, 0.3) is 0 Å². The van der Waals surface area contributed by atoms with E-state index in [0.717, 1.165) is 23.5 Å². The monoisotopic (exact) mass is 434 g/mol. The molecule has 152 valence electrons. The van der Waals surface area contributed by atoms with Gasteiger partial charge in [0.1, 0.15) is 11.5 Å². The number of aromatic nitrogens is 2. The molecule has 1 N–H and O–H groups in total. The van der Waals surface area contributed by atoms with Gasteiger partial charge in [0.25, 0.3) is 0 Å². The second-order valence-corrected chi connectivity index (χ2v) is 8.82. The summed E-state index contributed by atoms with van der Waals surface area (Å²) in [5.41, 5.74) is -4.29. The van der Waals surface area contributed by atoms with Crippen molar-refractivity contribution in [3.8, 4) is 0 Å². The molecule has 1 aliphatic heterocycles.